The van der Waals surface area contributed by atoms with E-state index >= 15 is 0 Å². The molecule has 2 N–H and O–H groups in total. The van der Waals surface area contributed by atoms with Crippen LogP contribution >= 0.6 is 0 Å². The van der Waals surface area contributed by atoms with Gasteiger partial charge >= 0.3 is 0 Å². The van der Waals surface area contributed by atoms with Gasteiger partial charge in [0.2, 0.25) is 5.91 Å². The third kappa shape index (κ3) is 2.66. The van der Waals surface area contributed by atoms with E-state index in [9.17, 15) is 4.79 Å². The minimum Gasteiger partial charge on any atom is -0.336 e. The van der Waals surface area contributed by atoms with E-state index in [1.165, 1.54) is 44.3 Å². The lowest BCUT2D eigenvalue weighted by Crippen LogP contribution is -2.62. The molecule has 1 aliphatic carbocycles. The van der Waals surface area contributed by atoms with Crippen molar-refractivity contribution < 1.29 is 4.79 Å². The fourth-order valence-electron chi connectivity index (χ4n) is 6.42. The van der Waals surface area contributed by atoms with E-state index in [0.29, 0.717) is 35.9 Å². The number of fused-ring (bicyclic) bond motifs is 2. The Labute approximate surface area is 161 Å². The predicted molar refractivity (Wildman–Crippen MR) is 104 cm³/mol. The van der Waals surface area contributed by atoms with Crippen LogP contribution in [0.4, 0.5) is 0 Å². The van der Waals surface area contributed by atoms with Crippen LogP contribution in [0.15, 0.2) is 30.3 Å². The van der Waals surface area contributed by atoms with Crippen LogP contribution in [0.25, 0.3) is 0 Å². The van der Waals surface area contributed by atoms with E-state index in [-0.39, 0.29) is 6.04 Å². The molecular formula is C22H30N4O. The third-order valence-electron chi connectivity index (χ3n) is 7.93. The first-order chi connectivity index (χ1) is 13.3. The molecule has 2 unspecified atom stereocenters. The van der Waals surface area contributed by atoms with Crippen LogP contribution < -0.4 is 10.9 Å². The summed E-state index contributed by atoms with van der Waals surface area (Å²) in [4.78, 5) is 18.5. The number of benzene rings is 1. The van der Waals surface area contributed by atoms with Gasteiger partial charge in [-0.25, -0.2) is 5.43 Å². The van der Waals surface area contributed by atoms with E-state index in [1.807, 2.05) is 0 Å². The van der Waals surface area contributed by atoms with Crippen molar-refractivity contribution in [2.24, 2.45) is 11.8 Å². The van der Waals surface area contributed by atoms with Gasteiger partial charge in [0.1, 0.15) is 6.04 Å². The molecular weight excluding hydrogens is 336 g/mol. The molecule has 5 nitrogen and oxygen atoms in total. The maximum atomic E-state index is 13.5. The zero-order valence-electron chi connectivity index (χ0n) is 15.9. The number of nitrogens with one attached hydrogen (secondary N) is 2. The van der Waals surface area contributed by atoms with Crippen LogP contribution in [0, 0.1) is 11.8 Å². The number of hydrogen-bond acceptors (Lipinski definition) is 4. The van der Waals surface area contributed by atoms with Gasteiger partial charge in [-0.2, -0.15) is 0 Å². The third-order valence-corrected chi connectivity index (χ3v) is 7.93. The van der Waals surface area contributed by atoms with Gasteiger partial charge in [-0.05, 0) is 62.6 Å². The number of likely N-dealkylation sites (tertiary alicyclic amines) is 1. The molecule has 1 aromatic carbocycles. The molecule has 144 valence electrons. The molecule has 6 aliphatic rings. The standard InChI is InChI=1S/C22H30N4O/c27-22(19-12-18(23-24-19)15-6-7-15)26-13-17(14-4-2-1-3-5-14)21-20(26)16-8-10-25(21)11-9-16/h1-5,15-21,23-24H,6-13H2/t17-,18?,19?,20+,21+/m1/s1. The van der Waals surface area contributed by atoms with Crippen molar-refractivity contribution in [2.75, 3.05) is 19.6 Å². The quantitative estimate of drug-likeness (QED) is 0.855. The highest BCUT2D eigenvalue weighted by molar-refractivity contribution is 5.83. The summed E-state index contributed by atoms with van der Waals surface area (Å²) in [7, 11) is 0. The van der Waals surface area contributed by atoms with E-state index < -0.39 is 0 Å². The highest BCUT2D eigenvalue weighted by atomic mass is 16.2. The Morgan fingerprint density at radius 3 is 2.44 bits per heavy atom. The lowest BCUT2D eigenvalue weighted by molar-refractivity contribution is -0.138. The largest absolute Gasteiger partial charge is 0.336 e. The molecule has 0 radical (unpaired) electrons. The molecule has 1 amide bonds. The Kier molecular flexibility index (Phi) is 3.85. The summed E-state index contributed by atoms with van der Waals surface area (Å²) in [6, 6.07) is 12.3. The van der Waals surface area contributed by atoms with Crippen LogP contribution in [-0.4, -0.2) is 59.5 Å². The summed E-state index contributed by atoms with van der Waals surface area (Å²) in [6.45, 7) is 3.31. The van der Waals surface area contributed by atoms with Crippen molar-refractivity contribution in [3.63, 3.8) is 0 Å². The van der Waals surface area contributed by atoms with Gasteiger partial charge < -0.3 is 4.90 Å². The zero-order valence-corrected chi connectivity index (χ0v) is 15.9. The maximum absolute atomic E-state index is 13.5. The highest BCUT2D eigenvalue weighted by Gasteiger charge is 2.55. The maximum Gasteiger partial charge on any atom is 0.241 e. The Bertz CT molecular complexity index is 712. The van der Waals surface area contributed by atoms with Crippen molar-refractivity contribution in [2.45, 2.75) is 62.2 Å². The molecule has 1 saturated carbocycles. The molecule has 27 heavy (non-hydrogen) atoms. The average molecular weight is 367 g/mol. The predicted octanol–water partition coefficient (Wildman–Crippen LogP) is 1.72. The minimum atomic E-state index is -0.0405. The number of piperidine rings is 3. The van der Waals surface area contributed by atoms with Crippen LogP contribution in [-0.2, 0) is 4.79 Å². The Morgan fingerprint density at radius 2 is 1.70 bits per heavy atom. The molecule has 1 aromatic rings. The summed E-state index contributed by atoms with van der Waals surface area (Å²) in [5, 5.41) is 0. The average Bonchev–Trinajstić information content (AvgIpc) is 3.30. The van der Waals surface area contributed by atoms with Crippen molar-refractivity contribution in [3.8, 4) is 0 Å². The normalized spacial score (nSPS) is 43.1. The fourth-order valence-corrected chi connectivity index (χ4v) is 6.42. The second-order valence-electron chi connectivity index (χ2n) is 9.38. The summed E-state index contributed by atoms with van der Waals surface area (Å²) < 4.78 is 0. The molecule has 5 heterocycles. The summed E-state index contributed by atoms with van der Waals surface area (Å²) in [5.74, 6) is 2.27. The topological polar surface area (TPSA) is 47.6 Å². The highest BCUT2D eigenvalue weighted by Crippen LogP contribution is 2.47. The molecule has 7 rings (SSSR count). The molecule has 5 heteroatoms. The van der Waals surface area contributed by atoms with Gasteiger partial charge in [0, 0.05) is 24.5 Å². The van der Waals surface area contributed by atoms with Gasteiger partial charge in [0.15, 0.2) is 0 Å². The Morgan fingerprint density at radius 1 is 0.926 bits per heavy atom. The smallest absolute Gasteiger partial charge is 0.241 e. The summed E-state index contributed by atoms with van der Waals surface area (Å²) in [5.41, 5.74) is 8.16. The molecule has 2 bridgehead atoms. The SMILES string of the molecule is O=C(C1CC(C2CC2)NN1)N1C[C@H](c2ccccc2)[C@H]2[C@@H]1C1CCN2CC1. The fraction of sp³-hybridized carbons (Fsp3) is 0.682. The van der Waals surface area contributed by atoms with Crippen molar-refractivity contribution in [3.05, 3.63) is 35.9 Å². The number of amides is 1. The first-order valence-corrected chi connectivity index (χ1v) is 10.9. The van der Waals surface area contributed by atoms with E-state index in [2.05, 4.69) is 51.0 Å². The molecule has 0 aromatic heterocycles. The lowest BCUT2D eigenvalue weighted by Gasteiger charge is -2.51. The molecule has 5 aliphatic heterocycles. The number of rotatable bonds is 3. The molecule has 5 atom stereocenters. The van der Waals surface area contributed by atoms with Crippen molar-refractivity contribution in [1.29, 1.82) is 0 Å². The van der Waals surface area contributed by atoms with Gasteiger partial charge in [-0.3, -0.25) is 15.1 Å². The minimum absolute atomic E-state index is 0.0405. The molecule has 5 saturated heterocycles. The van der Waals surface area contributed by atoms with Gasteiger partial charge in [-0.1, -0.05) is 30.3 Å². The van der Waals surface area contributed by atoms with Crippen LogP contribution in [0.3, 0.4) is 0 Å². The second-order valence-corrected chi connectivity index (χ2v) is 9.38. The van der Waals surface area contributed by atoms with Gasteiger partial charge in [-0.15, -0.1) is 0 Å². The summed E-state index contributed by atoms with van der Waals surface area (Å²) >= 11 is 0. The molecule has 6 fully saturated rings. The number of carbonyl (C=O) groups excluding carboxylic acids is 1. The van der Waals surface area contributed by atoms with Crippen molar-refractivity contribution in [1.82, 2.24) is 20.7 Å². The molecule has 0 spiro atoms. The Hall–Kier alpha value is -1.43. The van der Waals surface area contributed by atoms with E-state index in [1.54, 1.807) is 0 Å². The monoisotopic (exact) mass is 366 g/mol. The number of hydrogen-bond donors (Lipinski definition) is 2. The number of nitrogens with zero attached hydrogens (tertiary/aromatic N) is 2. The summed E-state index contributed by atoms with van der Waals surface area (Å²) in [6.07, 6.45) is 6.12. The van der Waals surface area contributed by atoms with E-state index in [0.717, 1.165) is 18.9 Å². The number of hydrazine groups is 1. The second kappa shape index (κ2) is 6.29. The first kappa shape index (κ1) is 16.5. The number of carbonyl (C=O) groups is 1. The lowest BCUT2D eigenvalue weighted by atomic mass is 9.75. The zero-order chi connectivity index (χ0) is 18.0. The van der Waals surface area contributed by atoms with Crippen molar-refractivity contribution >= 4 is 5.91 Å². The Balaban J connectivity index is 1.28. The van der Waals surface area contributed by atoms with Crippen LogP contribution in [0.5, 0.6) is 0 Å². The van der Waals surface area contributed by atoms with Crippen LogP contribution in [0.2, 0.25) is 0 Å². The van der Waals surface area contributed by atoms with Crippen LogP contribution in [0.1, 0.15) is 43.6 Å². The first-order valence-electron chi connectivity index (χ1n) is 10.9. The van der Waals surface area contributed by atoms with Gasteiger partial charge in [0.25, 0.3) is 0 Å². The van der Waals surface area contributed by atoms with Gasteiger partial charge in [0.05, 0.1) is 6.04 Å². The van der Waals surface area contributed by atoms with E-state index in [4.69, 9.17) is 0 Å².